The minimum absolute atomic E-state index is 0.0342. The van der Waals surface area contributed by atoms with E-state index in [-0.39, 0.29) is 18.5 Å². The molecule has 0 radical (unpaired) electrons. The molecule has 0 saturated carbocycles. The number of unbranched alkanes of at least 4 members (excludes halogenated alkanes) is 36. The molecule has 0 heterocycles. The van der Waals surface area contributed by atoms with E-state index < -0.39 is 12.1 Å². The summed E-state index contributed by atoms with van der Waals surface area (Å²) in [6, 6.07) is -0.578. The maximum absolute atomic E-state index is 12.4. The maximum Gasteiger partial charge on any atom is 0.305 e. The third-order valence-corrected chi connectivity index (χ3v) is 12.3. The van der Waals surface area contributed by atoms with Crippen LogP contribution in [0.3, 0.4) is 0 Å². The number of ether oxygens (including phenoxy) is 1. The second-order valence-corrected chi connectivity index (χ2v) is 18.2. The largest absolute Gasteiger partial charge is 0.466 e. The van der Waals surface area contributed by atoms with E-state index in [4.69, 9.17) is 4.74 Å². The number of rotatable bonds is 49. The number of nitrogens with one attached hydrogen (secondary N) is 1. The number of carbonyl (C=O) groups excluding carboxylic acids is 2. The first-order valence-corrected chi connectivity index (χ1v) is 26.4. The summed E-state index contributed by atoms with van der Waals surface area (Å²) in [5.74, 6) is -0.127. The van der Waals surface area contributed by atoms with Gasteiger partial charge < -0.3 is 20.3 Å². The molecule has 0 aliphatic carbocycles. The lowest BCUT2D eigenvalue weighted by molar-refractivity contribution is -0.143. The number of allylic oxidation sites excluding steroid dienone is 2. The van der Waals surface area contributed by atoms with Crippen molar-refractivity contribution in [3.63, 3.8) is 0 Å². The molecule has 3 N–H and O–H groups in total. The molecular formula is C53H103NO5. The Labute approximate surface area is 368 Å². The van der Waals surface area contributed by atoms with Crippen LogP contribution in [0, 0.1) is 0 Å². The van der Waals surface area contributed by atoms with Gasteiger partial charge in [-0.05, 0) is 44.9 Å². The lowest BCUT2D eigenvalue weighted by Crippen LogP contribution is -2.45. The molecule has 59 heavy (non-hydrogen) atoms. The molecule has 0 spiro atoms. The lowest BCUT2D eigenvalue weighted by Gasteiger charge is -2.22. The lowest BCUT2D eigenvalue weighted by atomic mass is 10.0. The number of esters is 1. The van der Waals surface area contributed by atoms with Crippen LogP contribution in [0.4, 0.5) is 0 Å². The van der Waals surface area contributed by atoms with Crippen LogP contribution in [0.5, 0.6) is 0 Å². The summed E-state index contributed by atoms with van der Waals surface area (Å²) in [6.45, 7) is 4.87. The van der Waals surface area contributed by atoms with Crippen LogP contribution in [-0.4, -0.2) is 47.4 Å². The van der Waals surface area contributed by atoms with E-state index in [0.29, 0.717) is 25.9 Å². The van der Waals surface area contributed by atoms with Crippen LogP contribution in [0.1, 0.15) is 290 Å². The Morgan fingerprint density at radius 3 is 1.24 bits per heavy atom. The van der Waals surface area contributed by atoms with Crippen molar-refractivity contribution in [2.45, 2.75) is 302 Å². The first kappa shape index (κ1) is 57.6. The fourth-order valence-corrected chi connectivity index (χ4v) is 8.23. The molecule has 0 aliphatic heterocycles. The highest BCUT2D eigenvalue weighted by atomic mass is 16.5. The summed E-state index contributed by atoms with van der Waals surface area (Å²) >= 11 is 0. The molecule has 0 saturated heterocycles. The number of amides is 1. The first-order valence-electron chi connectivity index (χ1n) is 26.4. The van der Waals surface area contributed by atoms with Crippen molar-refractivity contribution < 1.29 is 24.5 Å². The number of hydrogen-bond donors (Lipinski definition) is 3. The molecule has 0 aliphatic rings. The van der Waals surface area contributed by atoms with Gasteiger partial charge in [-0.2, -0.15) is 0 Å². The van der Waals surface area contributed by atoms with Gasteiger partial charge in [-0.3, -0.25) is 9.59 Å². The van der Waals surface area contributed by atoms with Gasteiger partial charge in [0.2, 0.25) is 5.91 Å². The van der Waals surface area contributed by atoms with Crippen LogP contribution in [0.2, 0.25) is 0 Å². The molecule has 0 aromatic rings. The molecule has 0 aromatic carbocycles. The van der Waals surface area contributed by atoms with Crippen molar-refractivity contribution in [2.24, 2.45) is 0 Å². The maximum atomic E-state index is 12.4. The Bertz CT molecular complexity index is 878. The minimum Gasteiger partial charge on any atom is -0.466 e. The van der Waals surface area contributed by atoms with Gasteiger partial charge in [0, 0.05) is 12.8 Å². The Kier molecular flexibility index (Phi) is 48.1. The molecule has 6 heteroatoms. The van der Waals surface area contributed by atoms with E-state index in [1.807, 2.05) is 0 Å². The Morgan fingerprint density at radius 1 is 0.458 bits per heavy atom. The van der Waals surface area contributed by atoms with Gasteiger partial charge in [0.25, 0.3) is 0 Å². The van der Waals surface area contributed by atoms with Gasteiger partial charge in [-0.25, -0.2) is 0 Å². The van der Waals surface area contributed by atoms with Gasteiger partial charge in [0.1, 0.15) is 0 Å². The standard InChI is InChI=1S/C53H103NO5/c1-3-5-7-9-11-13-15-17-18-19-20-21-22-23-24-25-26-29-33-37-41-45-51(56)50(49-55)54-52(57)46-42-38-34-30-28-32-36-40-44-48-59-53(58)47-43-39-35-31-27-16-14-12-10-8-6-4-2/h30,34,50-51,55-56H,3-29,31-33,35-49H2,1-2H3,(H,54,57)/b34-30-. The van der Waals surface area contributed by atoms with Gasteiger partial charge >= 0.3 is 5.97 Å². The number of hydrogen-bond acceptors (Lipinski definition) is 5. The van der Waals surface area contributed by atoms with Crippen LogP contribution in [-0.2, 0) is 14.3 Å². The third-order valence-electron chi connectivity index (χ3n) is 12.3. The molecule has 0 rings (SSSR count). The average molecular weight is 834 g/mol. The van der Waals surface area contributed by atoms with Crippen molar-refractivity contribution in [1.29, 1.82) is 0 Å². The SMILES string of the molecule is CCCCCCCCCCCCCCCCCCCCCCCC(O)C(CO)NC(=O)CCC/C=C\CCCCCCOC(=O)CCCCCCCCCCCCCC. The predicted molar refractivity (Wildman–Crippen MR) is 255 cm³/mol. The van der Waals surface area contributed by atoms with Gasteiger partial charge in [-0.1, -0.05) is 244 Å². The topological polar surface area (TPSA) is 95.9 Å². The van der Waals surface area contributed by atoms with Crippen molar-refractivity contribution in [3.05, 3.63) is 12.2 Å². The van der Waals surface area contributed by atoms with E-state index >= 15 is 0 Å². The highest BCUT2D eigenvalue weighted by Gasteiger charge is 2.20. The molecule has 350 valence electrons. The smallest absolute Gasteiger partial charge is 0.305 e. The molecule has 6 nitrogen and oxygen atoms in total. The molecule has 0 fully saturated rings. The summed E-state index contributed by atoms with van der Waals surface area (Å²) in [5, 5.41) is 23.2. The summed E-state index contributed by atoms with van der Waals surface area (Å²) in [7, 11) is 0. The highest BCUT2D eigenvalue weighted by Crippen LogP contribution is 2.17. The summed E-state index contributed by atoms with van der Waals surface area (Å²) < 4.78 is 5.43. The molecule has 2 atom stereocenters. The van der Waals surface area contributed by atoms with E-state index in [1.165, 1.54) is 186 Å². The van der Waals surface area contributed by atoms with E-state index in [1.54, 1.807) is 0 Å². The Hall–Kier alpha value is -1.40. The van der Waals surface area contributed by atoms with Gasteiger partial charge in [0.15, 0.2) is 0 Å². The van der Waals surface area contributed by atoms with Crippen molar-refractivity contribution in [1.82, 2.24) is 5.32 Å². The molecule has 2 unspecified atom stereocenters. The van der Waals surface area contributed by atoms with Gasteiger partial charge in [-0.15, -0.1) is 0 Å². The second kappa shape index (κ2) is 49.3. The highest BCUT2D eigenvalue weighted by molar-refractivity contribution is 5.76. The Balaban J connectivity index is 3.52. The molecule has 0 aromatic heterocycles. The zero-order valence-electron chi connectivity index (χ0n) is 39.7. The van der Waals surface area contributed by atoms with Crippen LogP contribution in [0.15, 0.2) is 12.2 Å². The average Bonchev–Trinajstić information content (AvgIpc) is 3.24. The minimum atomic E-state index is -0.694. The summed E-state index contributed by atoms with van der Waals surface area (Å²) in [4.78, 5) is 24.4. The Morgan fingerprint density at radius 2 is 0.814 bits per heavy atom. The summed E-state index contributed by atoms with van der Waals surface area (Å²) in [6.07, 6.45) is 56.2. The van der Waals surface area contributed by atoms with Crippen molar-refractivity contribution in [3.8, 4) is 0 Å². The second-order valence-electron chi connectivity index (χ2n) is 18.2. The monoisotopic (exact) mass is 834 g/mol. The van der Waals surface area contributed by atoms with E-state index in [9.17, 15) is 19.8 Å². The predicted octanol–water partition coefficient (Wildman–Crippen LogP) is 15.7. The molecule has 1 amide bonds. The van der Waals surface area contributed by atoms with Crippen LogP contribution in [0.25, 0.3) is 0 Å². The zero-order chi connectivity index (χ0) is 43.0. The van der Waals surface area contributed by atoms with Gasteiger partial charge in [0.05, 0.1) is 25.4 Å². The molecular weight excluding hydrogens is 731 g/mol. The first-order chi connectivity index (χ1) is 29.0. The number of aliphatic hydroxyl groups is 2. The fourth-order valence-electron chi connectivity index (χ4n) is 8.23. The zero-order valence-corrected chi connectivity index (χ0v) is 39.7. The molecule has 0 bridgehead atoms. The van der Waals surface area contributed by atoms with Crippen LogP contribution < -0.4 is 5.32 Å². The van der Waals surface area contributed by atoms with Crippen molar-refractivity contribution >= 4 is 11.9 Å². The third kappa shape index (κ3) is 45.9. The quantitative estimate of drug-likeness (QED) is 0.0322. The number of carbonyl (C=O) groups is 2. The van der Waals surface area contributed by atoms with E-state index in [2.05, 4.69) is 31.3 Å². The van der Waals surface area contributed by atoms with Crippen LogP contribution >= 0.6 is 0 Å². The van der Waals surface area contributed by atoms with Crippen molar-refractivity contribution in [2.75, 3.05) is 13.2 Å². The van der Waals surface area contributed by atoms with E-state index in [0.717, 1.165) is 70.6 Å². The fraction of sp³-hybridized carbons (Fsp3) is 0.925. The normalized spacial score (nSPS) is 12.7. The number of aliphatic hydroxyl groups excluding tert-OH is 2. The summed E-state index contributed by atoms with van der Waals surface area (Å²) in [5.41, 5.74) is 0.